The van der Waals surface area contributed by atoms with Crippen molar-refractivity contribution in [2.75, 3.05) is 33.1 Å². The predicted molar refractivity (Wildman–Crippen MR) is 126 cm³/mol. The summed E-state index contributed by atoms with van der Waals surface area (Å²) < 4.78 is 67.8. The van der Waals surface area contributed by atoms with E-state index in [0.717, 1.165) is 16.8 Å². The molecule has 2 heterocycles. The summed E-state index contributed by atoms with van der Waals surface area (Å²) in [4.78, 5) is 20.0. The molecule has 0 unspecified atom stereocenters. The number of rotatable bonds is 8. The smallest absolute Gasteiger partial charge is 0.316 e. The second-order valence-corrected chi connectivity index (χ2v) is 9.83. The fourth-order valence-electron chi connectivity index (χ4n) is 3.66. The number of carbonyl (C=O) groups excluding carboxylic acids is 1. The van der Waals surface area contributed by atoms with E-state index >= 15 is 0 Å². The third kappa shape index (κ3) is 5.14. The lowest BCUT2D eigenvalue weighted by molar-refractivity contribution is -0.115. The summed E-state index contributed by atoms with van der Waals surface area (Å²) in [5, 5.41) is 5.55. The number of carbonyl (C=O) groups is 1. The first-order valence-electron chi connectivity index (χ1n) is 10.3. The van der Waals surface area contributed by atoms with Gasteiger partial charge in [0.25, 0.3) is 0 Å². The summed E-state index contributed by atoms with van der Waals surface area (Å²) in [6.07, 6.45) is 1.86. The Hall–Kier alpha value is -3.87. The minimum absolute atomic E-state index is 0.111. The number of nitrogens with zero attached hydrogens (tertiary/aromatic N) is 4. The maximum atomic E-state index is 14.7. The lowest BCUT2D eigenvalue weighted by Crippen LogP contribution is -2.32. The summed E-state index contributed by atoms with van der Waals surface area (Å²) in [5.41, 5.74) is 2.12. The number of sulfonamides is 1. The summed E-state index contributed by atoms with van der Waals surface area (Å²) in [7, 11) is -2.37. The van der Waals surface area contributed by atoms with E-state index in [4.69, 9.17) is 0 Å². The molecule has 0 saturated heterocycles. The van der Waals surface area contributed by atoms with Gasteiger partial charge in [-0.3, -0.25) is 14.0 Å². The molecule has 0 fully saturated rings. The van der Waals surface area contributed by atoms with Gasteiger partial charge in [0, 0.05) is 24.0 Å². The van der Waals surface area contributed by atoms with Crippen LogP contribution in [0.15, 0.2) is 48.7 Å². The van der Waals surface area contributed by atoms with Crippen molar-refractivity contribution in [2.24, 2.45) is 0 Å². The number of benzene rings is 2. The Balaban J connectivity index is 1.67. The van der Waals surface area contributed by atoms with Gasteiger partial charge in [0.15, 0.2) is 11.6 Å². The third-order valence-electron chi connectivity index (χ3n) is 5.44. The zero-order valence-electron chi connectivity index (χ0n) is 18.7. The van der Waals surface area contributed by atoms with Crippen LogP contribution in [-0.4, -0.2) is 44.1 Å². The molecule has 1 aliphatic heterocycles. The molecular formula is C22H21F3N6O3S. The predicted octanol–water partition coefficient (Wildman–Crippen LogP) is 3.48. The van der Waals surface area contributed by atoms with E-state index in [2.05, 4.69) is 20.6 Å². The molecule has 13 heteroatoms. The number of para-hydroxylation sites is 1. The van der Waals surface area contributed by atoms with Crippen LogP contribution in [0.5, 0.6) is 0 Å². The molecule has 2 aromatic carbocycles. The summed E-state index contributed by atoms with van der Waals surface area (Å²) in [5.74, 6) is -2.10. The third-order valence-corrected chi connectivity index (χ3v) is 6.63. The number of nitrogens with one attached hydrogen (secondary N) is 2. The normalized spacial score (nSPS) is 12.9. The van der Waals surface area contributed by atoms with Crippen LogP contribution < -0.4 is 19.8 Å². The Morgan fingerprint density at radius 2 is 1.91 bits per heavy atom. The molecule has 2 N–H and O–H groups in total. The van der Waals surface area contributed by atoms with Crippen LogP contribution in [0, 0.1) is 5.82 Å². The summed E-state index contributed by atoms with van der Waals surface area (Å²) in [6, 6.07) is 11.1. The van der Waals surface area contributed by atoms with Gasteiger partial charge in [0.05, 0.1) is 31.1 Å². The van der Waals surface area contributed by atoms with E-state index < -0.39 is 34.8 Å². The number of hydrogen-bond acceptors (Lipinski definition) is 7. The largest absolute Gasteiger partial charge is 0.325 e. The average molecular weight is 507 g/mol. The Labute approximate surface area is 199 Å². The topological polar surface area (TPSA) is 108 Å². The molecular weight excluding hydrogens is 485 g/mol. The van der Waals surface area contributed by atoms with E-state index in [9.17, 15) is 26.4 Å². The van der Waals surface area contributed by atoms with Gasteiger partial charge in [-0.15, -0.1) is 0 Å². The highest BCUT2D eigenvalue weighted by Gasteiger charge is 2.26. The SMILES string of the molecule is CN(c1ccccc1CN(c1nc(Nc2cccc3c2CC(=O)N3)ncc1F)C(F)F)S(C)(=O)=O. The first-order valence-corrected chi connectivity index (χ1v) is 12.2. The van der Waals surface area contributed by atoms with E-state index in [1.165, 1.54) is 19.2 Å². The molecule has 35 heavy (non-hydrogen) atoms. The molecule has 0 spiro atoms. The second-order valence-electron chi connectivity index (χ2n) is 7.81. The number of halogens is 3. The molecule has 1 aliphatic rings. The maximum Gasteiger partial charge on any atom is 0.316 e. The first-order chi connectivity index (χ1) is 16.5. The number of amides is 1. The van der Waals surface area contributed by atoms with Crippen molar-refractivity contribution in [1.29, 1.82) is 0 Å². The molecule has 9 nitrogen and oxygen atoms in total. The Bertz CT molecular complexity index is 1390. The van der Waals surface area contributed by atoms with Crippen LogP contribution in [0.4, 0.5) is 42.0 Å². The lowest BCUT2D eigenvalue weighted by Gasteiger charge is -2.26. The minimum Gasteiger partial charge on any atom is -0.325 e. The average Bonchev–Trinajstić information content (AvgIpc) is 3.19. The molecule has 1 amide bonds. The quantitative estimate of drug-likeness (QED) is 0.451. The van der Waals surface area contributed by atoms with E-state index in [1.807, 2.05) is 0 Å². The van der Waals surface area contributed by atoms with Gasteiger partial charge in [-0.25, -0.2) is 17.8 Å². The van der Waals surface area contributed by atoms with E-state index in [0.29, 0.717) is 21.8 Å². The number of fused-ring (bicyclic) bond motifs is 1. The van der Waals surface area contributed by atoms with Crippen molar-refractivity contribution in [3.63, 3.8) is 0 Å². The number of aromatic nitrogens is 2. The summed E-state index contributed by atoms with van der Waals surface area (Å²) in [6.45, 7) is -3.69. The van der Waals surface area contributed by atoms with Crippen LogP contribution >= 0.6 is 0 Å². The minimum atomic E-state index is -3.67. The molecule has 0 radical (unpaired) electrons. The number of alkyl halides is 2. The lowest BCUT2D eigenvalue weighted by atomic mass is 10.1. The van der Waals surface area contributed by atoms with Crippen molar-refractivity contribution in [2.45, 2.75) is 19.5 Å². The molecule has 0 aliphatic carbocycles. The van der Waals surface area contributed by atoms with E-state index in [-0.39, 0.29) is 29.5 Å². The maximum absolute atomic E-state index is 14.7. The van der Waals surface area contributed by atoms with Gasteiger partial charge in [0.1, 0.15) is 0 Å². The van der Waals surface area contributed by atoms with Crippen molar-refractivity contribution >= 4 is 44.8 Å². The molecule has 1 aromatic heterocycles. The Morgan fingerprint density at radius 3 is 2.63 bits per heavy atom. The zero-order valence-corrected chi connectivity index (χ0v) is 19.5. The van der Waals surface area contributed by atoms with Crippen LogP contribution in [-0.2, 0) is 27.8 Å². The highest BCUT2D eigenvalue weighted by Crippen LogP contribution is 2.32. The second kappa shape index (κ2) is 9.41. The fourth-order valence-corrected chi connectivity index (χ4v) is 4.19. The molecule has 3 aromatic rings. The standard InChI is InChI=1S/C22H21F3N6O3S/c1-30(35(2,33)34)18-9-4-3-6-13(18)12-31(21(24)25)20-15(23)11-26-22(29-20)28-17-8-5-7-16-14(17)10-19(32)27-16/h3-9,11,21H,10,12H2,1-2H3,(H,27,32)(H,26,28,29). The van der Waals surface area contributed by atoms with Crippen LogP contribution in [0.25, 0.3) is 0 Å². The molecule has 0 saturated carbocycles. The van der Waals surface area contributed by atoms with Crippen molar-refractivity contribution in [1.82, 2.24) is 9.97 Å². The van der Waals surface area contributed by atoms with Crippen LogP contribution in [0.1, 0.15) is 11.1 Å². The van der Waals surface area contributed by atoms with E-state index in [1.54, 1.807) is 30.3 Å². The Morgan fingerprint density at radius 1 is 1.17 bits per heavy atom. The van der Waals surface area contributed by atoms with Crippen molar-refractivity contribution < 1.29 is 26.4 Å². The molecule has 184 valence electrons. The number of hydrogen-bond donors (Lipinski definition) is 2. The molecule has 0 atom stereocenters. The van der Waals surface area contributed by atoms with Gasteiger partial charge in [-0.05, 0) is 23.8 Å². The highest BCUT2D eigenvalue weighted by molar-refractivity contribution is 7.92. The zero-order chi connectivity index (χ0) is 25.3. The van der Waals surface area contributed by atoms with Gasteiger partial charge < -0.3 is 10.6 Å². The molecule has 4 rings (SSSR count). The van der Waals surface area contributed by atoms with Crippen molar-refractivity contribution in [3.05, 3.63) is 65.6 Å². The van der Waals surface area contributed by atoms with Crippen molar-refractivity contribution in [3.8, 4) is 0 Å². The monoisotopic (exact) mass is 506 g/mol. The van der Waals surface area contributed by atoms with Crippen LogP contribution in [0.2, 0.25) is 0 Å². The van der Waals surface area contributed by atoms with Gasteiger partial charge >= 0.3 is 6.55 Å². The van der Waals surface area contributed by atoms with Gasteiger partial charge in [0.2, 0.25) is 21.9 Å². The van der Waals surface area contributed by atoms with Gasteiger partial charge in [-0.2, -0.15) is 13.8 Å². The Kier molecular flexibility index (Phi) is 6.52. The fraction of sp³-hybridized carbons (Fsp3) is 0.227. The molecule has 0 bridgehead atoms. The number of anilines is 5. The van der Waals surface area contributed by atoms with Gasteiger partial charge in [-0.1, -0.05) is 24.3 Å². The van der Waals surface area contributed by atoms with Crippen LogP contribution in [0.3, 0.4) is 0 Å². The summed E-state index contributed by atoms with van der Waals surface area (Å²) >= 11 is 0. The highest BCUT2D eigenvalue weighted by atomic mass is 32.2. The first kappa shape index (κ1) is 24.3.